The van der Waals surface area contributed by atoms with Gasteiger partial charge in [0.25, 0.3) is 0 Å². The van der Waals surface area contributed by atoms with Crippen molar-refractivity contribution >= 4 is 53.7 Å². The smallest absolute Gasteiger partial charge is 0.379 e. The van der Waals surface area contributed by atoms with Crippen LogP contribution < -0.4 is 15.0 Å². The van der Waals surface area contributed by atoms with E-state index in [0.717, 1.165) is 0 Å². The highest BCUT2D eigenvalue weighted by atomic mass is 35.5. The molecular formula is C22H26Cl2N5O7P. The number of halogens is 2. The van der Waals surface area contributed by atoms with Gasteiger partial charge in [0.05, 0.1) is 26.2 Å². The summed E-state index contributed by atoms with van der Waals surface area (Å²) in [5.74, 6) is -0.436. The van der Waals surface area contributed by atoms with Crippen molar-refractivity contribution in [1.82, 2.24) is 19.5 Å². The Morgan fingerprint density at radius 3 is 2.68 bits per heavy atom. The molecule has 3 heterocycles. The van der Waals surface area contributed by atoms with E-state index in [1.165, 1.54) is 24.9 Å². The first-order chi connectivity index (χ1) is 17.4. The van der Waals surface area contributed by atoms with Gasteiger partial charge in [-0.05, 0) is 19.1 Å². The van der Waals surface area contributed by atoms with Crippen LogP contribution in [0.4, 0.5) is 5.95 Å². The van der Waals surface area contributed by atoms with Gasteiger partial charge in [0.1, 0.15) is 23.7 Å². The molecule has 0 aliphatic carbocycles. The molecule has 0 saturated carbocycles. The van der Waals surface area contributed by atoms with E-state index in [1.807, 2.05) is 0 Å². The Bertz CT molecular complexity index is 1330. The standard InChI is InChI=1S/C22H26Cl2N5O7P/c1-12(13(2)30)10-37(32,36-14-7-5-4-6-8-14)34-9-15-17(31)22(23,24)20(35-15)29-11-26-16-18(29)27-21(25)28-19(16)33-3/h4-8,11-12,15,17,20,31H,9-10H2,1-3H3,(H2,25,27,28)/t12-,15-,17+,20-,37?/m1/s1. The number of nitrogens with two attached hydrogens (primary N) is 1. The number of benzene rings is 1. The number of imidazole rings is 1. The number of aromatic nitrogens is 4. The number of aliphatic hydroxyl groups excluding tert-OH is 1. The highest BCUT2D eigenvalue weighted by Gasteiger charge is 2.56. The highest BCUT2D eigenvalue weighted by Crippen LogP contribution is 2.52. The number of nitrogen functional groups attached to an aromatic ring is 1. The number of fused-ring (bicyclic) bond motifs is 1. The lowest BCUT2D eigenvalue weighted by molar-refractivity contribution is -0.119. The fourth-order valence-electron chi connectivity index (χ4n) is 3.74. The summed E-state index contributed by atoms with van der Waals surface area (Å²) < 4.78 is 35.7. The molecule has 4 rings (SSSR count). The van der Waals surface area contributed by atoms with Crippen molar-refractivity contribution in [2.75, 3.05) is 25.6 Å². The molecule has 1 aromatic carbocycles. The van der Waals surface area contributed by atoms with Crippen molar-refractivity contribution in [3.05, 3.63) is 36.7 Å². The maximum absolute atomic E-state index is 13.7. The van der Waals surface area contributed by atoms with Crippen LogP contribution in [0, 0.1) is 5.92 Å². The summed E-state index contributed by atoms with van der Waals surface area (Å²) in [5.41, 5.74) is 6.27. The van der Waals surface area contributed by atoms with Gasteiger partial charge < -0.3 is 24.8 Å². The Hall–Kier alpha value is -2.47. The van der Waals surface area contributed by atoms with E-state index in [9.17, 15) is 14.5 Å². The number of rotatable bonds is 10. The average Bonchev–Trinajstić information content (AvgIpc) is 3.35. The Balaban J connectivity index is 1.58. The van der Waals surface area contributed by atoms with E-state index in [0.29, 0.717) is 5.75 Å². The van der Waals surface area contributed by atoms with Gasteiger partial charge in [0.2, 0.25) is 11.8 Å². The number of carbonyl (C=O) groups is 1. The summed E-state index contributed by atoms with van der Waals surface area (Å²) in [6.45, 7) is 2.61. The molecule has 1 aliphatic heterocycles. The summed E-state index contributed by atoms with van der Waals surface area (Å²) in [6, 6.07) is 8.41. The molecule has 12 nitrogen and oxygen atoms in total. The average molecular weight is 574 g/mol. The molecule has 37 heavy (non-hydrogen) atoms. The third kappa shape index (κ3) is 5.69. The van der Waals surface area contributed by atoms with Crippen molar-refractivity contribution < 1.29 is 33.0 Å². The molecule has 0 amide bonds. The molecule has 0 radical (unpaired) electrons. The molecule has 200 valence electrons. The molecule has 1 fully saturated rings. The summed E-state index contributed by atoms with van der Waals surface area (Å²) in [5, 5.41) is 10.9. The zero-order chi connectivity index (χ0) is 27.0. The number of hydrogen-bond donors (Lipinski definition) is 2. The first-order valence-corrected chi connectivity index (χ1v) is 13.7. The van der Waals surface area contributed by atoms with Crippen molar-refractivity contribution in [3.8, 4) is 11.6 Å². The Morgan fingerprint density at radius 2 is 2.03 bits per heavy atom. The van der Waals surface area contributed by atoms with Gasteiger partial charge in [-0.15, -0.1) is 0 Å². The first kappa shape index (κ1) is 27.6. The van der Waals surface area contributed by atoms with Gasteiger partial charge in [-0.3, -0.25) is 13.9 Å². The topological polar surface area (TPSA) is 161 Å². The Labute approximate surface area is 222 Å². The number of hydrogen-bond acceptors (Lipinski definition) is 11. The molecule has 1 saturated heterocycles. The fraction of sp³-hybridized carbons (Fsp3) is 0.455. The maximum atomic E-state index is 13.7. The number of alkyl halides is 2. The molecule has 0 bridgehead atoms. The number of aliphatic hydroxyl groups is 1. The van der Waals surface area contributed by atoms with Crippen molar-refractivity contribution in [2.24, 2.45) is 5.92 Å². The van der Waals surface area contributed by atoms with Gasteiger partial charge in [-0.25, -0.2) is 9.55 Å². The maximum Gasteiger partial charge on any atom is 0.379 e. The molecule has 1 unspecified atom stereocenters. The molecule has 3 N–H and O–H groups in total. The Kier molecular flexibility index (Phi) is 7.99. The van der Waals surface area contributed by atoms with Crippen molar-refractivity contribution in [1.29, 1.82) is 0 Å². The molecular weight excluding hydrogens is 548 g/mol. The van der Waals surface area contributed by atoms with E-state index in [-0.39, 0.29) is 34.9 Å². The molecule has 5 atom stereocenters. The Morgan fingerprint density at radius 1 is 1.32 bits per heavy atom. The van der Waals surface area contributed by atoms with Crippen LogP contribution >= 0.6 is 30.8 Å². The van der Waals surface area contributed by atoms with Crippen LogP contribution in [0.25, 0.3) is 11.2 Å². The summed E-state index contributed by atoms with van der Waals surface area (Å²) in [7, 11) is -2.48. The lowest BCUT2D eigenvalue weighted by Crippen LogP contribution is -2.38. The molecule has 2 aromatic heterocycles. The zero-order valence-electron chi connectivity index (χ0n) is 20.2. The van der Waals surface area contributed by atoms with Gasteiger partial charge in [0.15, 0.2) is 21.7 Å². The summed E-state index contributed by atoms with van der Waals surface area (Å²) in [6.07, 6.45) is -2.62. The van der Waals surface area contributed by atoms with E-state index in [2.05, 4.69) is 15.0 Å². The molecule has 15 heteroatoms. The van der Waals surface area contributed by atoms with Crippen LogP contribution in [0.5, 0.6) is 11.6 Å². The van der Waals surface area contributed by atoms with Crippen LogP contribution in [0.1, 0.15) is 20.1 Å². The number of ether oxygens (including phenoxy) is 2. The zero-order valence-corrected chi connectivity index (χ0v) is 22.6. The number of anilines is 1. The number of carbonyl (C=O) groups excluding carboxylic acids is 1. The second kappa shape index (κ2) is 10.7. The van der Waals surface area contributed by atoms with Crippen molar-refractivity contribution in [2.45, 2.75) is 36.6 Å². The lowest BCUT2D eigenvalue weighted by atomic mass is 10.1. The molecule has 0 spiro atoms. The summed E-state index contributed by atoms with van der Waals surface area (Å²) >= 11 is 13.1. The minimum atomic E-state index is -3.88. The van der Waals surface area contributed by atoms with Gasteiger partial charge >= 0.3 is 7.60 Å². The second-order valence-corrected chi connectivity index (χ2v) is 12.0. The number of Topliss-reactive ketones (excluding diaryl/α,β-unsaturated/α-hetero) is 1. The number of para-hydroxylation sites is 1. The predicted octanol–water partition coefficient (Wildman–Crippen LogP) is 3.36. The number of nitrogens with zero attached hydrogens (tertiary/aromatic N) is 4. The van der Waals surface area contributed by atoms with Gasteiger partial charge in [-0.2, -0.15) is 9.97 Å². The highest BCUT2D eigenvalue weighted by molar-refractivity contribution is 7.54. The third-order valence-electron chi connectivity index (χ3n) is 5.85. The van der Waals surface area contributed by atoms with E-state index in [1.54, 1.807) is 37.3 Å². The first-order valence-electron chi connectivity index (χ1n) is 11.2. The number of ketones is 1. The monoisotopic (exact) mass is 573 g/mol. The summed E-state index contributed by atoms with van der Waals surface area (Å²) in [4.78, 5) is 24.2. The van der Waals surface area contributed by atoms with Crippen LogP contribution in [-0.2, 0) is 18.6 Å². The van der Waals surface area contributed by atoms with E-state index in [4.69, 9.17) is 47.5 Å². The predicted molar refractivity (Wildman–Crippen MR) is 136 cm³/mol. The van der Waals surface area contributed by atoms with Crippen LogP contribution in [0.15, 0.2) is 36.7 Å². The lowest BCUT2D eigenvalue weighted by Gasteiger charge is -2.24. The quantitative estimate of drug-likeness (QED) is 0.270. The van der Waals surface area contributed by atoms with E-state index >= 15 is 0 Å². The van der Waals surface area contributed by atoms with Crippen LogP contribution in [0.3, 0.4) is 0 Å². The minimum Gasteiger partial charge on any atom is -0.479 e. The van der Waals surface area contributed by atoms with Crippen LogP contribution in [0.2, 0.25) is 0 Å². The van der Waals surface area contributed by atoms with Crippen LogP contribution in [-0.4, -0.2) is 66.8 Å². The molecule has 1 aliphatic rings. The normalized spacial score (nSPS) is 23.5. The fourth-order valence-corrected chi connectivity index (χ4v) is 6.31. The SMILES string of the molecule is COc1nc(N)nc2c1ncn2[C@@H]1O[C@H](COP(=O)(C[C@@H](C)C(C)=O)Oc2ccccc2)[C@H](O)C1(Cl)Cl. The molecule has 3 aromatic rings. The number of methoxy groups -OCH3 is 1. The third-order valence-corrected chi connectivity index (χ3v) is 8.69. The van der Waals surface area contributed by atoms with E-state index < -0.39 is 42.9 Å². The van der Waals surface area contributed by atoms with Gasteiger partial charge in [0, 0.05) is 5.92 Å². The minimum absolute atomic E-state index is 0.0853. The van der Waals surface area contributed by atoms with Gasteiger partial charge in [-0.1, -0.05) is 48.3 Å². The van der Waals surface area contributed by atoms with Crippen molar-refractivity contribution in [3.63, 3.8) is 0 Å². The second-order valence-electron chi connectivity index (χ2n) is 8.57. The largest absolute Gasteiger partial charge is 0.479 e.